The van der Waals surface area contributed by atoms with E-state index in [1.165, 1.54) is 22.2 Å². The van der Waals surface area contributed by atoms with Gasteiger partial charge in [-0.2, -0.15) is 0 Å². The molecule has 3 rings (SSSR count). The molecule has 27 heavy (non-hydrogen) atoms. The van der Waals surface area contributed by atoms with Crippen LogP contribution in [0.4, 0.5) is 0 Å². The van der Waals surface area contributed by atoms with Crippen LogP contribution in [0.3, 0.4) is 0 Å². The van der Waals surface area contributed by atoms with Crippen molar-refractivity contribution in [2.45, 2.75) is 13.8 Å². The molecule has 0 bridgehead atoms. The maximum atomic E-state index is 12.0. The molecule has 4 nitrogen and oxygen atoms in total. The molecule has 1 aliphatic heterocycles. The number of ether oxygens (including phenoxy) is 2. The van der Waals surface area contributed by atoms with Crippen molar-refractivity contribution in [2.24, 2.45) is 0 Å². The average Bonchev–Trinajstić information content (AvgIpc) is 2.88. The predicted molar refractivity (Wildman–Crippen MR) is 114 cm³/mol. The highest BCUT2D eigenvalue weighted by molar-refractivity contribution is 8.26. The zero-order chi connectivity index (χ0) is 19.4. The number of amides is 1. The number of hydrogen-bond acceptors (Lipinski definition) is 5. The third-order valence-corrected chi connectivity index (χ3v) is 5.59. The first kappa shape index (κ1) is 19.5. The lowest BCUT2D eigenvalue weighted by Gasteiger charge is -2.11. The lowest BCUT2D eigenvalue weighted by molar-refractivity contribution is -0.121. The second-order valence-corrected chi connectivity index (χ2v) is 7.95. The minimum Gasteiger partial charge on any atom is -0.490 e. The zero-order valence-electron chi connectivity index (χ0n) is 15.5. The topological polar surface area (TPSA) is 38.8 Å². The van der Waals surface area contributed by atoms with Gasteiger partial charge < -0.3 is 9.47 Å². The molecule has 0 unspecified atom stereocenters. The van der Waals surface area contributed by atoms with E-state index >= 15 is 0 Å². The molecule has 0 aromatic heterocycles. The third kappa shape index (κ3) is 4.90. The fourth-order valence-corrected chi connectivity index (χ4v) is 3.81. The summed E-state index contributed by atoms with van der Waals surface area (Å²) in [5.41, 5.74) is 3.28. The number of carbonyl (C=O) groups excluding carboxylic acids is 1. The summed E-state index contributed by atoms with van der Waals surface area (Å²) in [6.07, 6.45) is 1.84. The van der Waals surface area contributed by atoms with Gasteiger partial charge in [-0.25, -0.2) is 0 Å². The lowest BCUT2D eigenvalue weighted by Crippen LogP contribution is -2.22. The highest BCUT2D eigenvalue weighted by Gasteiger charge is 2.28. The molecule has 140 valence electrons. The van der Waals surface area contributed by atoms with Crippen molar-refractivity contribution in [1.82, 2.24) is 4.90 Å². The summed E-state index contributed by atoms with van der Waals surface area (Å²) in [7, 11) is 1.69. The van der Waals surface area contributed by atoms with Crippen molar-refractivity contribution < 1.29 is 14.3 Å². The first-order valence-electron chi connectivity index (χ1n) is 8.58. The van der Waals surface area contributed by atoms with Gasteiger partial charge in [0.25, 0.3) is 5.91 Å². The summed E-state index contributed by atoms with van der Waals surface area (Å²) in [6.45, 7) is 5.04. The standard InChI is InChI=1S/C21H21NO3S2/c1-14-4-9-18(15(2)12-14)25-11-10-24-17-7-5-16(6-8-17)13-19-20(23)22(3)21(26)27-19/h4-9,12-13H,10-11H2,1-3H3. The van der Waals surface area contributed by atoms with Crippen molar-refractivity contribution in [3.05, 3.63) is 64.1 Å². The number of thiocarbonyl (C=S) groups is 1. The summed E-state index contributed by atoms with van der Waals surface area (Å²) >= 11 is 6.46. The minimum absolute atomic E-state index is 0.0612. The SMILES string of the molecule is Cc1ccc(OCCOc2ccc(C=C3SC(=S)N(C)C3=O)cc2)c(C)c1. The summed E-state index contributed by atoms with van der Waals surface area (Å²) < 4.78 is 12.1. The highest BCUT2D eigenvalue weighted by Crippen LogP contribution is 2.31. The van der Waals surface area contributed by atoms with Crippen LogP contribution in [0.2, 0.25) is 0 Å². The number of thioether (sulfide) groups is 1. The van der Waals surface area contributed by atoms with E-state index in [1.54, 1.807) is 7.05 Å². The molecule has 1 heterocycles. The molecule has 1 amide bonds. The number of nitrogens with zero attached hydrogens (tertiary/aromatic N) is 1. The smallest absolute Gasteiger partial charge is 0.265 e. The van der Waals surface area contributed by atoms with Gasteiger partial charge in [0, 0.05) is 7.05 Å². The lowest BCUT2D eigenvalue weighted by atomic mass is 10.1. The summed E-state index contributed by atoms with van der Waals surface area (Å²) in [6, 6.07) is 13.7. The molecule has 2 aromatic rings. The Bertz CT molecular complexity index is 891. The van der Waals surface area contributed by atoms with E-state index < -0.39 is 0 Å². The summed E-state index contributed by atoms with van der Waals surface area (Å²) in [5, 5.41) is 0. The van der Waals surface area contributed by atoms with Gasteiger partial charge in [0.1, 0.15) is 29.0 Å². The summed E-state index contributed by atoms with van der Waals surface area (Å²) in [5.74, 6) is 1.58. The second kappa shape index (κ2) is 8.59. The van der Waals surface area contributed by atoms with E-state index in [0.717, 1.165) is 22.6 Å². The van der Waals surface area contributed by atoms with E-state index in [4.69, 9.17) is 21.7 Å². The van der Waals surface area contributed by atoms with Crippen LogP contribution in [0.5, 0.6) is 11.5 Å². The van der Waals surface area contributed by atoms with Crippen LogP contribution < -0.4 is 9.47 Å². The number of carbonyl (C=O) groups is 1. The van der Waals surface area contributed by atoms with E-state index in [-0.39, 0.29) is 5.91 Å². The maximum absolute atomic E-state index is 12.0. The molecule has 0 aliphatic carbocycles. The van der Waals surface area contributed by atoms with Crippen LogP contribution in [-0.4, -0.2) is 35.4 Å². The first-order valence-corrected chi connectivity index (χ1v) is 9.81. The number of aryl methyl sites for hydroxylation is 2. The Labute approximate surface area is 169 Å². The van der Waals surface area contributed by atoms with Crippen LogP contribution >= 0.6 is 24.0 Å². The van der Waals surface area contributed by atoms with Crippen molar-refractivity contribution >= 4 is 40.3 Å². The van der Waals surface area contributed by atoms with Crippen LogP contribution in [0.25, 0.3) is 6.08 Å². The Morgan fingerprint density at radius 1 is 1.07 bits per heavy atom. The van der Waals surface area contributed by atoms with Gasteiger partial charge in [-0.15, -0.1) is 0 Å². The normalized spacial score (nSPS) is 15.5. The Hall–Kier alpha value is -2.31. The molecule has 0 saturated carbocycles. The van der Waals surface area contributed by atoms with Crippen molar-refractivity contribution in [3.63, 3.8) is 0 Å². The van der Waals surface area contributed by atoms with Crippen molar-refractivity contribution in [1.29, 1.82) is 0 Å². The quantitative estimate of drug-likeness (QED) is 0.403. The molecular formula is C21H21NO3S2. The Morgan fingerprint density at radius 3 is 2.41 bits per heavy atom. The van der Waals surface area contributed by atoms with E-state index in [0.29, 0.717) is 22.4 Å². The van der Waals surface area contributed by atoms with Crippen LogP contribution in [0.1, 0.15) is 16.7 Å². The highest BCUT2D eigenvalue weighted by atomic mass is 32.2. The van der Waals surface area contributed by atoms with E-state index in [9.17, 15) is 4.79 Å². The predicted octanol–water partition coefficient (Wildman–Crippen LogP) is 4.59. The molecule has 0 atom stereocenters. The Kier molecular flexibility index (Phi) is 6.19. The van der Waals surface area contributed by atoms with E-state index in [2.05, 4.69) is 13.0 Å². The Balaban J connectivity index is 1.51. The van der Waals surface area contributed by atoms with Crippen LogP contribution in [-0.2, 0) is 4.79 Å². The molecule has 1 saturated heterocycles. The van der Waals surface area contributed by atoms with Gasteiger partial charge in [0.05, 0.1) is 4.91 Å². The molecule has 0 N–H and O–H groups in total. The van der Waals surface area contributed by atoms with Gasteiger partial charge >= 0.3 is 0 Å². The average molecular weight is 400 g/mol. The van der Waals surface area contributed by atoms with Crippen molar-refractivity contribution in [2.75, 3.05) is 20.3 Å². The van der Waals surface area contributed by atoms with Crippen molar-refractivity contribution in [3.8, 4) is 11.5 Å². The van der Waals surface area contributed by atoms with Gasteiger partial charge in [0.15, 0.2) is 0 Å². The molecule has 0 radical (unpaired) electrons. The van der Waals surface area contributed by atoms with Gasteiger partial charge in [-0.05, 0) is 49.2 Å². The number of benzene rings is 2. The molecular weight excluding hydrogens is 378 g/mol. The number of likely N-dealkylation sites (N-methyl/N-ethyl adjacent to an activating group) is 1. The van der Waals surface area contributed by atoms with Crippen LogP contribution in [0, 0.1) is 13.8 Å². The zero-order valence-corrected chi connectivity index (χ0v) is 17.2. The van der Waals surface area contributed by atoms with Gasteiger partial charge in [-0.3, -0.25) is 9.69 Å². The second-order valence-electron chi connectivity index (χ2n) is 6.28. The molecule has 0 spiro atoms. The number of rotatable bonds is 6. The third-order valence-electron chi connectivity index (χ3n) is 4.10. The summed E-state index contributed by atoms with van der Waals surface area (Å²) in [4.78, 5) is 14.2. The minimum atomic E-state index is -0.0612. The molecule has 1 fully saturated rings. The molecule has 2 aromatic carbocycles. The molecule has 1 aliphatic rings. The fraction of sp³-hybridized carbons (Fsp3) is 0.238. The monoisotopic (exact) mass is 399 g/mol. The largest absolute Gasteiger partial charge is 0.490 e. The van der Waals surface area contributed by atoms with Crippen LogP contribution in [0.15, 0.2) is 47.4 Å². The number of hydrogen-bond donors (Lipinski definition) is 0. The van der Waals surface area contributed by atoms with Gasteiger partial charge in [0.2, 0.25) is 0 Å². The van der Waals surface area contributed by atoms with Gasteiger partial charge in [-0.1, -0.05) is 53.8 Å². The maximum Gasteiger partial charge on any atom is 0.265 e. The molecule has 6 heteroatoms. The first-order chi connectivity index (χ1) is 12.9. The van der Waals surface area contributed by atoms with E-state index in [1.807, 2.05) is 49.4 Å². The Morgan fingerprint density at radius 2 is 1.78 bits per heavy atom. The fourth-order valence-electron chi connectivity index (χ4n) is 2.63.